The largest absolute Gasteiger partial charge is 0.367 e. The first-order valence-electron chi connectivity index (χ1n) is 6.05. The number of benzene rings is 1. The first kappa shape index (κ1) is 10.4. The highest BCUT2D eigenvalue weighted by atomic mass is 35.5. The number of fused-ring (bicyclic) bond motifs is 3. The Labute approximate surface area is 101 Å². The molecule has 0 radical (unpaired) electrons. The molecule has 2 unspecified atom stereocenters. The van der Waals surface area contributed by atoms with Gasteiger partial charge in [0.2, 0.25) is 0 Å². The van der Waals surface area contributed by atoms with Gasteiger partial charge in [0.25, 0.3) is 0 Å². The molecule has 0 saturated carbocycles. The lowest BCUT2D eigenvalue weighted by molar-refractivity contribution is 0.390. The number of piperidine rings is 1. The summed E-state index contributed by atoms with van der Waals surface area (Å²) in [7, 11) is 0. The van der Waals surface area contributed by atoms with Crippen molar-refractivity contribution < 1.29 is 0 Å². The summed E-state index contributed by atoms with van der Waals surface area (Å²) in [6, 6.07) is 7.23. The van der Waals surface area contributed by atoms with E-state index in [-0.39, 0.29) is 0 Å². The number of anilines is 1. The number of nitrogens with two attached hydrogens (primary N) is 1. The molecule has 0 bridgehead atoms. The summed E-state index contributed by atoms with van der Waals surface area (Å²) in [6.45, 7) is 0.984. The summed E-state index contributed by atoms with van der Waals surface area (Å²) in [5, 5.41) is 0.912. The minimum Gasteiger partial charge on any atom is -0.367 e. The fraction of sp³-hybridized carbons (Fsp3) is 0.538. The molecule has 0 spiro atoms. The van der Waals surface area contributed by atoms with Crippen molar-refractivity contribution in [3.8, 4) is 0 Å². The second kappa shape index (κ2) is 3.94. The van der Waals surface area contributed by atoms with E-state index in [9.17, 15) is 0 Å². The maximum atomic E-state index is 6.25. The lowest BCUT2D eigenvalue weighted by Gasteiger charge is -2.44. The van der Waals surface area contributed by atoms with Crippen LogP contribution >= 0.6 is 11.6 Å². The van der Waals surface area contributed by atoms with Gasteiger partial charge in [-0.15, -0.1) is 0 Å². The van der Waals surface area contributed by atoms with Crippen molar-refractivity contribution in [3.05, 3.63) is 28.8 Å². The Bertz CT molecular complexity index is 405. The third kappa shape index (κ3) is 1.61. The predicted octanol–water partition coefficient (Wildman–Crippen LogP) is 2.58. The number of halogens is 1. The molecule has 2 heterocycles. The zero-order chi connectivity index (χ0) is 11.1. The summed E-state index contributed by atoms with van der Waals surface area (Å²) < 4.78 is 0. The Hall–Kier alpha value is -0.730. The molecule has 1 fully saturated rings. The van der Waals surface area contributed by atoms with Gasteiger partial charge in [0.15, 0.2) is 0 Å². The molecule has 2 aliphatic heterocycles. The molecule has 2 atom stereocenters. The smallest absolute Gasteiger partial charge is 0.0458 e. The molecule has 1 aromatic rings. The summed E-state index contributed by atoms with van der Waals surface area (Å²) in [4.78, 5) is 2.47. The third-order valence-electron chi connectivity index (χ3n) is 3.87. The fourth-order valence-electron chi connectivity index (χ4n) is 3.03. The minimum absolute atomic E-state index is 0.321. The monoisotopic (exact) mass is 236 g/mol. The molecular weight excluding hydrogens is 220 g/mol. The molecule has 0 aliphatic carbocycles. The molecular formula is C13H17ClN2. The molecule has 2 aliphatic rings. The first-order chi connectivity index (χ1) is 7.75. The van der Waals surface area contributed by atoms with Crippen LogP contribution in [-0.2, 0) is 6.42 Å². The maximum absolute atomic E-state index is 6.25. The molecule has 0 amide bonds. The number of hydrogen-bond donors (Lipinski definition) is 1. The Kier molecular flexibility index (Phi) is 2.56. The van der Waals surface area contributed by atoms with Gasteiger partial charge in [0.05, 0.1) is 0 Å². The Morgan fingerprint density at radius 2 is 2.12 bits per heavy atom. The van der Waals surface area contributed by atoms with E-state index in [1.165, 1.54) is 24.1 Å². The van der Waals surface area contributed by atoms with Crippen LogP contribution < -0.4 is 10.6 Å². The zero-order valence-electron chi connectivity index (χ0n) is 9.32. The van der Waals surface area contributed by atoms with E-state index in [4.69, 9.17) is 17.3 Å². The SMILES string of the molecule is NC1CCC2CCc3c(Cl)cccc3N2C1. The average molecular weight is 237 g/mol. The molecule has 3 rings (SSSR count). The third-order valence-corrected chi connectivity index (χ3v) is 4.23. The topological polar surface area (TPSA) is 29.3 Å². The lowest BCUT2D eigenvalue weighted by Crippen LogP contribution is -2.50. The average Bonchev–Trinajstić information content (AvgIpc) is 2.29. The van der Waals surface area contributed by atoms with Crippen LogP contribution in [0.2, 0.25) is 5.02 Å². The van der Waals surface area contributed by atoms with E-state index in [1.54, 1.807) is 0 Å². The normalized spacial score (nSPS) is 28.5. The number of rotatable bonds is 0. The highest BCUT2D eigenvalue weighted by molar-refractivity contribution is 6.31. The van der Waals surface area contributed by atoms with Crippen molar-refractivity contribution in [2.24, 2.45) is 5.73 Å². The molecule has 1 saturated heterocycles. The zero-order valence-corrected chi connectivity index (χ0v) is 10.1. The summed E-state index contributed by atoms with van der Waals surface area (Å²) in [6.07, 6.45) is 4.74. The van der Waals surface area contributed by atoms with E-state index in [1.807, 2.05) is 12.1 Å². The summed E-state index contributed by atoms with van der Waals surface area (Å²) >= 11 is 6.25. The van der Waals surface area contributed by atoms with E-state index in [0.717, 1.165) is 24.4 Å². The molecule has 2 nitrogen and oxygen atoms in total. The van der Waals surface area contributed by atoms with Gasteiger partial charge in [-0.05, 0) is 43.4 Å². The maximum Gasteiger partial charge on any atom is 0.0458 e. The Balaban J connectivity index is 2.00. The van der Waals surface area contributed by atoms with E-state index >= 15 is 0 Å². The highest BCUT2D eigenvalue weighted by Gasteiger charge is 2.31. The van der Waals surface area contributed by atoms with Crippen molar-refractivity contribution >= 4 is 17.3 Å². The summed E-state index contributed by atoms with van der Waals surface area (Å²) in [5.74, 6) is 0. The van der Waals surface area contributed by atoms with Crippen molar-refractivity contribution in [1.29, 1.82) is 0 Å². The van der Waals surface area contributed by atoms with Crippen LogP contribution in [0.5, 0.6) is 0 Å². The van der Waals surface area contributed by atoms with Crippen LogP contribution in [-0.4, -0.2) is 18.6 Å². The van der Waals surface area contributed by atoms with Gasteiger partial charge in [-0.1, -0.05) is 17.7 Å². The van der Waals surface area contributed by atoms with Gasteiger partial charge < -0.3 is 10.6 Å². The van der Waals surface area contributed by atoms with E-state index in [0.29, 0.717) is 12.1 Å². The molecule has 1 aromatic carbocycles. The molecule has 86 valence electrons. The standard InChI is InChI=1S/C13H17ClN2/c14-12-2-1-3-13-11(12)7-6-10-5-4-9(15)8-16(10)13/h1-3,9-10H,4-8,15H2. The summed E-state index contributed by atoms with van der Waals surface area (Å²) in [5.41, 5.74) is 8.70. The van der Waals surface area contributed by atoms with Gasteiger partial charge in [-0.25, -0.2) is 0 Å². The first-order valence-corrected chi connectivity index (χ1v) is 6.43. The highest BCUT2D eigenvalue weighted by Crippen LogP contribution is 2.38. The fourth-order valence-corrected chi connectivity index (χ4v) is 3.29. The van der Waals surface area contributed by atoms with Crippen LogP contribution in [0.4, 0.5) is 5.69 Å². The van der Waals surface area contributed by atoms with Gasteiger partial charge >= 0.3 is 0 Å². The van der Waals surface area contributed by atoms with Crippen LogP contribution in [0.3, 0.4) is 0 Å². The predicted molar refractivity (Wildman–Crippen MR) is 68.1 cm³/mol. The van der Waals surface area contributed by atoms with Crippen LogP contribution in [0.15, 0.2) is 18.2 Å². The van der Waals surface area contributed by atoms with E-state index < -0.39 is 0 Å². The van der Waals surface area contributed by atoms with Crippen molar-refractivity contribution in [2.45, 2.75) is 37.8 Å². The second-order valence-corrected chi connectivity index (χ2v) is 5.33. The van der Waals surface area contributed by atoms with Crippen LogP contribution in [0.1, 0.15) is 24.8 Å². The van der Waals surface area contributed by atoms with Gasteiger partial charge in [-0.2, -0.15) is 0 Å². The van der Waals surface area contributed by atoms with Crippen LogP contribution in [0, 0.1) is 0 Å². The van der Waals surface area contributed by atoms with Crippen LogP contribution in [0.25, 0.3) is 0 Å². The van der Waals surface area contributed by atoms with Crippen molar-refractivity contribution in [1.82, 2.24) is 0 Å². The Morgan fingerprint density at radius 1 is 1.25 bits per heavy atom. The lowest BCUT2D eigenvalue weighted by atomic mass is 9.88. The Morgan fingerprint density at radius 3 is 3.00 bits per heavy atom. The molecule has 0 aromatic heterocycles. The second-order valence-electron chi connectivity index (χ2n) is 4.92. The molecule has 16 heavy (non-hydrogen) atoms. The molecule has 3 heteroatoms. The van der Waals surface area contributed by atoms with Crippen molar-refractivity contribution in [3.63, 3.8) is 0 Å². The minimum atomic E-state index is 0.321. The van der Waals surface area contributed by atoms with Crippen molar-refractivity contribution in [2.75, 3.05) is 11.4 Å². The van der Waals surface area contributed by atoms with Gasteiger partial charge in [-0.3, -0.25) is 0 Å². The van der Waals surface area contributed by atoms with Gasteiger partial charge in [0, 0.05) is 29.3 Å². The van der Waals surface area contributed by atoms with E-state index in [2.05, 4.69) is 11.0 Å². The number of nitrogens with zero attached hydrogens (tertiary/aromatic N) is 1. The quantitative estimate of drug-likeness (QED) is 0.750. The van der Waals surface area contributed by atoms with Gasteiger partial charge in [0.1, 0.15) is 0 Å². The molecule has 2 N–H and O–H groups in total. The number of hydrogen-bond acceptors (Lipinski definition) is 2.